The largest absolute Gasteiger partial charge is 0.453 e. The molecule has 3 aromatic heterocycles. The van der Waals surface area contributed by atoms with E-state index in [0.717, 1.165) is 6.07 Å². The third-order valence-corrected chi connectivity index (χ3v) is 6.78. The van der Waals surface area contributed by atoms with Crippen molar-refractivity contribution in [3.63, 3.8) is 0 Å². The third kappa shape index (κ3) is 5.97. The summed E-state index contributed by atoms with van der Waals surface area (Å²) in [5, 5.41) is 23.0. The van der Waals surface area contributed by atoms with Gasteiger partial charge in [-0.1, -0.05) is 23.7 Å². The van der Waals surface area contributed by atoms with E-state index in [1.165, 1.54) is 24.5 Å². The second-order valence-electron chi connectivity index (χ2n) is 10.00. The molecule has 0 bridgehead atoms. The lowest BCUT2D eigenvalue weighted by molar-refractivity contribution is 0.102. The number of H-pyrrole nitrogens is 1. The van der Waals surface area contributed by atoms with Crippen molar-refractivity contribution in [2.24, 2.45) is 0 Å². The molecular formula is C30H28ClFN6O4. The summed E-state index contributed by atoms with van der Waals surface area (Å²) in [6, 6.07) is 12.0. The molecule has 12 heteroatoms. The van der Waals surface area contributed by atoms with Crippen LogP contribution < -0.4 is 20.8 Å². The Kier molecular flexibility index (Phi) is 8.23. The first-order valence-corrected chi connectivity index (χ1v) is 13.5. The van der Waals surface area contributed by atoms with Gasteiger partial charge in [0.1, 0.15) is 16.7 Å². The minimum Gasteiger partial charge on any atom is -0.453 e. The van der Waals surface area contributed by atoms with Gasteiger partial charge in [0.05, 0.1) is 6.61 Å². The van der Waals surface area contributed by atoms with Crippen LogP contribution in [0.2, 0.25) is 5.02 Å². The number of hydrogen-bond donors (Lipinski definition) is 4. The van der Waals surface area contributed by atoms with Gasteiger partial charge in [0.15, 0.2) is 23.0 Å². The lowest BCUT2D eigenvalue weighted by Gasteiger charge is -2.16. The molecule has 0 saturated heterocycles. The van der Waals surface area contributed by atoms with Crippen molar-refractivity contribution in [1.82, 2.24) is 19.7 Å². The predicted molar refractivity (Wildman–Crippen MR) is 160 cm³/mol. The fraction of sp³-hybridized carbons (Fsp3) is 0.200. The number of hydrogen-bond acceptors (Lipinski definition) is 7. The van der Waals surface area contributed by atoms with Gasteiger partial charge in [-0.2, -0.15) is 5.10 Å². The summed E-state index contributed by atoms with van der Waals surface area (Å²) < 4.78 is 22.8. The van der Waals surface area contributed by atoms with Crippen molar-refractivity contribution in [1.29, 1.82) is 0 Å². The van der Waals surface area contributed by atoms with Crippen molar-refractivity contribution in [3.05, 3.63) is 93.7 Å². The molecule has 42 heavy (non-hydrogen) atoms. The van der Waals surface area contributed by atoms with Crippen LogP contribution >= 0.6 is 11.6 Å². The summed E-state index contributed by atoms with van der Waals surface area (Å²) in [6.45, 7) is 5.51. The average molecular weight is 591 g/mol. The van der Waals surface area contributed by atoms with Gasteiger partial charge < -0.3 is 25.0 Å². The van der Waals surface area contributed by atoms with Crippen LogP contribution in [0.3, 0.4) is 0 Å². The number of aromatic nitrogens is 4. The number of nitrogens with zero attached hydrogens (tertiary/aromatic N) is 3. The molecule has 1 atom stereocenters. The van der Waals surface area contributed by atoms with E-state index in [-0.39, 0.29) is 41.4 Å². The van der Waals surface area contributed by atoms with Crippen molar-refractivity contribution in [2.75, 3.05) is 17.2 Å². The van der Waals surface area contributed by atoms with Gasteiger partial charge in [-0.3, -0.25) is 14.7 Å². The second kappa shape index (κ2) is 12.0. The fourth-order valence-electron chi connectivity index (χ4n) is 4.26. The first kappa shape index (κ1) is 28.8. The van der Waals surface area contributed by atoms with Crippen molar-refractivity contribution in [3.8, 4) is 22.6 Å². The molecule has 216 valence electrons. The van der Waals surface area contributed by atoms with Crippen molar-refractivity contribution >= 4 is 40.0 Å². The van der Waals surface area contributed by atoms with E-state index < -0.39 is 17.2 Å². The molecule has 0 radical (unpaired) electrons. The summed E-state index contributed by atoms with van der Waals surface area (Å²) in [6.07, 6.45) is 4.67. The number of aromatic amines is 1. The second-order valence-corrected chi connectivity index (χ2v) is 10.4. The van der Waals surface area contributed by atoms with Gasteiger partial charge >= 0.3 is 0 Å². The number of carbonyl (C=O) groups is 1. The maximum absolute atomic E-state index is 15.2. The molecule has 0 spiro atoms. The Balaban J connectivity index is 1.41. The molecule has 5 aromatic rings. The van der Waals surface area contributed by atoms with Gasteiger partial charge in [0.2, 0.25) is 5.43 Å². The normalized spacial score (nSPS) is 12.0. The van der Waals surface area contributed by atoms with Crippen molar-refractivity contribution < 1.29 is 19.0 Å². The molecule has 2 aromatic carbocycles. The topological polar surface area (TPSA) is 134 Å². The van der Waals surface area contributed by atoms with E-state index in [9.17, 15) is 14.7 Å². The third-order valence-electron chi connectivity index (χ3n) is 6.53. The number of anilines is 2. The number of aliphatic hydroxyl groups is 1. The molecule has 0 aliphatic rings. The van der Waals surface area contributed by atoms with Crippen LogP contribution in [-0.4, -0.2) is 43.4 Å². The van der Waals surface area contributed by atoms with Crippen LogP contribution in [-0.2, 0) is 0 Å². The van der Waals surface area contributed by atoms with Gasteiger partial charge in [0, 0.05) is 59.1 Å². The molecule has 0 fully saturated rings. The van der Waals surface area contributed by atoms with Crippen LogP contribution in [0.15, 0.2) is 71.9 Å². The Labute approximate surface area is 245 Å². The summed E-state index contributed by atoms with van der Waals surface area (Å²) in [5.74, 6) is -0.845. The predicted octanol–water partition coefficient (Wildman–Crippen LogP) is 6.00. The molecule has 1 unspecified atom stereocenters. The molecule has 5 rings (SSSR count). The molecule has 3 heterocycles. The highest BCUT2D eigenvalue weighted by atomic mass is 35.5. The number of aliphatic hydroxyl groups excluding tert-OH is 1. The monoisotopic (exact) mass is 590 g/mol. The van der Waals surface area contributed by atoms with Crippen LogP contribution in [0.5, 0.6) is 11.5 Å². The standard InChI is InChI=1S/C30H28ClFN6O4/c1-16(2)38-13-21(18-4-6-19(31)7-5-18)27(40)22(14-38)30(41)35-20-8-9-24(23(32)12-20)42-25-10-11-33-28-26(25)29(37-36-28)34-17(3)15-39/h4-14,16-17,39H,15H2,1-3H3,(H,35,41)(H2,33,34,36,37). The molecular weight excluding hydrogens is 563 g/mol. The minimum absolute atomic E-state index is 0.0328. The van der Waals surface area contributed by atoms with Gasteiger partial charge in [-0.25, -0.2) is 9.37 Å². The van der Waals surface area contributed by atoms with E-state index in [0.29, 0.717) is 33.0 Å². The Bertz CT molecular complexity index is 1820. The summed E-state index contributed by atoms with van der Waals surface area (Å²) in [4.78, 5) is 30.8. The number of rotatable bonds is 9. The molecule has 0 aliphatic heterocycles. The molecule has 4 N–H and O–H groups in total. The number of pyridine rings is 2. The molecule has 10 nitrogen and oxygen atoms in total. The van der Waals surface area contributed by atoms with Crippen LogP contribution in [0, 0.1) is 5.82 Å². The number of amides is 1. The quantitative estimate of drug-likeness (QED) is 0.165. The van der Waals surface area contributed by atoms with Gasteiger partial charge in [-0.05, 0) is 50.6 Å². The Morgan fingerprint density at radius 2 is 1.88 bits per heavy atom. The first-order valence-electron chi connectivity index (χ1n) is 13.2. The average Bonchev–Trinajstić information content (AvgIpc) is 3.38. The highest BCUT2D eigenvalue weighted by molar-refractivity contribution is 6.30. The summed E-state index contributed by atoms with van der Waals surface area (Å²) >= 11 is 6.01. The minimum atomic E-state index is -0.742. The fourth-order valence-corrected chi connectivity index (χ4v) is 4.39. The van der Waals surface area contributed by atoms with E-state index in [1.807, 2.05) is 13.8 Å². The smallest absolute Gasteiger partial charge is 0.261 e. The van der Waals surface area contributed by atoms with E-state index in [4.69, 9.17) is 16.3 Å². The number of halogens is 2. The van der Waals surface area contributed by atoms with Crippen LogP contribution in [0.25, 0.3) is 22.2 Å². The first-order chi connectivity index (χ1) is 20.1. The van der Waals surface area contributed by atoms with E-state index in [1.54, 1.807) is 48.0 Å². The van der Waals surface area contributed by atoms with E-state index in [2.05, 4.69) is 25.8 Å². The van der Waals surface area contributed by atoms with Gasteiger partial charge in [-0.15, -0.1) is 0 Å². The zero-order valence-electron chi connectivity index (χ0n) is 23.0. The molecule has 0 aliphatic carbocycles. The zero-order chi connectivity index (χ0) is 30.0. The summed E-state index contributed by atoms with van der Waals surface area (Å²) in [5.41, 5.74) is 0.958. The maximum atomic E-state index is 15.2. The number of fused-ring (bicyclic) bond motifs is 1. The zero-order valence-corrected chi connectivity index (χ0v) is 23.7. The van der Waals surface area contributed by atoms with E-state index >= 15 is 4.39 Å². The Hall–Kier alpha value is -4.74. The SMILES string of the molecule is CC(CO)Nc1n[nH]c2nccc(Oc3ccc(NC(=O)c4cn(C(C)C)cc(-c5ccc(Cl)cc5)c4=O)cc3F)c12. The Morgan fingerprint density at radius 3 is 2.57 bits per heavy atom. The molecule has 1 amide bonds. The molecule has 0 saturated carbocycles. The lowest BCUT2D eigenvalue weighted by atomic mass is 10.0. The van der Waals surface area contributed by atoms with Crippen LogP contribution in [0.1, 0.15) is 37.2 Å². The number of nitrogens with one attached hydrogen (secondary N) is 3. The van der Waals surface area contributed by atoms with Gasteiger partial charge in [0.25, 0.3) is 5.91 Å². The number of benzene rings is 2. The highest BCUT2D eigenvalue weighted by Gasteiger charge is 2.19. The summed E-state index contributed by atoms with van der Waals surface area (Å²) in [7, 11) is 0. The highest BCUT2D eigenvalue weighted by Crippen LogP contribution is 2.34. The maximum Gasteiger partial charge on any atom is 0.261 e. The lowest BCUT2D eigenvalue weighted by Crippen LogP contribution is -2.25. The van der Waals surface area contributed by atoms with Crippen LogP contribution in [0.4, 0.5) is 15.9 Å². The van der Waals surface area contributed by atoms with Crippen molar-refractivity contribution in [2.45, 2.75) is 32.9 Å². The number of ether oxygens (including phenoxy) is 1. The number of carbonyl (C=O) groups excluding carboxylic acids is 1. The Morgan fingerprint density at radius 1 is 1.12 bits per heavy atom.